The summed E-state index contributed by atoms with van der Waals surface area (Å²) in [5.74, 6) is -2.63. The third kappa shape index (κ3) is 1.50. The van der Waals surface area contributed by atoms with Gasteiger partial charge in [-0.15, -0.1) is 0 Å². The predicted molar refractivity (Wildman–Crippen MR) is 44.6 cm³/mol. The summed E-state index contributed by atoms with van der Waals surface area (Å²) in [5.41, 5.74) is -0.935. The minimum atomic E-state index is -1.46. The molecule has 0 radical (unpaired) electrons. The van der Waals surface area contributed by atoms with E-state index in [1.807, 2.05) is 0 Å². The Labute approximate surface area is 79.2 Å². The molecule has 0 saturated carbocycles. The molecule has 0 aliphatic heterocycles. The summed E-state index contributed by atoms with van der Waals surface area (Å²) in [6.07, 6.45) is 0. The van der Waals surface area contributed by atoms with Crippen LogP contribution < -0.4 is 4.74 Å². The molecular formula is C9H6FNO3. The molecule has 0 heterocycles. The summed E-state index contributed by atoms with van der Waals surface area (Å²) in [4.78, 5) is 10.6. The lowest BCUT2D eigenvalue weighted by molar-refractivity contribution is 0.0688. The molecule has 0 saturated heterocycles. The fraction of sp³-hybridized carbons (Fsp3) is 0.111. The number of hydrogen-bond donors (Lipinski definition) is 1. The van der Waals surface area contributed by atoms with Crippen LogP contribution in [-0.4, -0.2) is 18.2 Å². The van der Waals surface area contributed by atoms with Gasteiger partial charge in [-0.05, 0) is 12.1 Å². The Morgan fingerprint density at radius 2 is 2.29 bits per heavy atom. The van der Waals surface area contributed by atoms with Crippen molar-refractivity contribution in [1.82, 2.24) is 0 Å². The second-order valence-corrected chi connectivity index (χ2v) is 2.42. The summed E-state index contributed by atoms with van der Waals surface area (Å²) in [6.45, 7) is 0. The van der Waals surface area contributed by atoms with Crippen LogP contribution in [-0.2, 0) is 0 Å². The number of benzene rings is 1. The number of carboxylic acid groups (broad SMARTS) is 1. The van der Waals surface area contributed by atoms with Crippen molar-refractivity contribution in [3.05, 3.63) is 29.1 Å². The quantitative estimate of drug-likeness (QED) is 0.774. The molecule has 0 aliphatic rings. The summed E-state index contributed by atoms with van der Waals surface area (Å²) < 4.78 is 17.9. The van der Waals surface area contributed by atoms with Crippen LogP contribution in [0.5, 0.6) is 5.75 Å². The molecule has 0 amide bonds. The van der Waals surface area contributed by atoms with E-state index < -0.39 is 17.3 Å². The first-order valence-corrected chi connectivity index (χ1v) is 3.61. The van der Waals surface area contributed by atoms with Gasteiger partial charge in [0.25, 0.3) is 0 Å². The maximum atomic E-state index is 13.3. The first kappa shape index (κ1) is 9.99. The molecule has 5 heteroatoms. The predicted octanol–water partition coefficient (Wildman–Crippen LogP) is 1.40. The van der Waals surface area contributed by atoms with Gasteiger partial charge in [0.15, 0.2) is 5.82 Å². The van der Waals surface area contributed by atoms with E-state index in [0.29, 0.717) is 0 Å². The Morgan fingerprint density at radius 1 is 1.64 bits per heavy atom. The van der Waals surface area contributed by atoms with E-state index in [9.17, 15) is 9.18 Å². The third-order valence-corrected chi connectivity index (χ3v) is 1.66. The molecule has 0 unspecified atom stereocenters. The van der Waals surface area contributed by atoms with E-state index in [-0.39, 0.29) is 11.3 Å². The largest absolute Gasteiger partial charge is 0.496 e. The fourth-order valence-corrected chi connectivity index (χ4v) is 1.01. The zero-order valence-corrected chi connectivity index (χ0v) is 7.24. The highest BCUT2D eigenvalue weighted by atomic mass is 19.1. The van der Waals surface area contributed by atoms with Gasteiger partial charge >= 0.3 is 5.97 Å². The Balaban J connectivity index is 3.49. The molecule has 0 bridgehead atoms. The minimum Gasteiger partial charge on any atom is -0.496 e. The Hall–Kier alpha value is -2.09. The van der Waals surface area contributed by atoms with Gasteiger partial charge in [-0.25, -0.2) is 9.18 Å². The molecule has 1 N–H and O–H groups in total. The number of rotatable bonds is 2. The number of nitriles is 1. The van der Waals surface area contributed by atoms with E-state index in [1.54, 1.807) is 6.07 Å². The summed E-state index contributed by atoms with van der Waals surface area (Å²) in [7, 11) is 1.23. The van der Waals surface area contributed by atoms with Gasteiger partial charge in [0.05, 0.1) is 12.7 Å². The summed E-state index contributed by atoms with van der Waals surface area (Å²) in [5, 5.41) is 17.1. The standard InChI is InChI=1S/C9H6FNO3/c1-14-6-3-2-5(4-11)8(10)7(6)9(12)13/h2-3H,1H3,(H,12,13). The first-order valence-electron chi connectivity index (χ1n) is 3.61. The van der Waals surface area contributed by atoms with Crippen LogP contribution in [0.2, 0.25) is 0 Å². The number of ether oxygens (including phenoxy) is 1. The molecule has 0 spiro atoms. The van der Waals surface area contributed by atoms with Crippen LogP contribution in [0.25, 0.3) is 0 Å². The van der Waals surface area contributed by atoms with Crippen LogP contribution in [0.4, 0.5) is 4.39 Å². The number of carboxylic acids is 1. The van der Waals surface area contributed by atoms with Gasteiger partial charge in [0.2, 0.25) is 0 Å². The van der Waals surface area contributed by atoms with Gasteiger partial charge in [-0.2, -0.15) is 5.26 Å². The second-order valence-electron chi connectivity index (χ2n) is 2.42. The molecule has 1 aromatic rings. The average Bonchev–Trinajstić information content (AvgIpc) is 2.16. The highest BCUT2D eigenvalue weighted by molar-refractivity contribution is 5.91. The number of methoxy groups -OCH3 is 1. The smallest absolute Gasteiger partial charge is 0.342 e. The molecule has 0 aliphatic carbocycles. The van der Waals surface area contributed by atoms with Crippen LogP contribution in [0.1, 0.15) is 15.9 Å². The number of aromatic carboxylic acids is 1. The van der Waals surface area contributed by atoms with Crippen LogP contribution in [0.3, 0.4) is 0 Å². The number of halogens is 1. The van der Waals surface area contributed by atoms with Crippen molar-refractivity contribution in [2.75, 3.05) is 7.11 Å². The zero-order valence-electron chi connectivity index (χ0n) is 7.24. The number of nitrogens with zero attached hydrogens (tertiary/aromatic N) is 1. The van der Waals surface area contributed by atoms with Crippen molar-refractivity contribution < 1.29 is 19.0 Å². The lowest BCUT2D eigenvalue weighted by Crippen LogP contribution is -2.05. The number of carbonyl (C=O) groups is 1. The Kier molecular flexibility index (Phi) is 2.67. The molecule has 72 valence electrons. The van der Waals surface area contributed by atoms with Crippen LogP contribution >= 0.6 is 0 Å². The second kappa shape index (κ2) is 3.75. The summed E-state index contributed by atoms with van der Waals surface area (Å²) >= 11 is 0. The molecule has 0 fully saturated rings. The van der Waals surface area contributed by atoms with Crippen molar-refractivity contribution >= 4 is 5.97 Å². The highest BCUT2D eigenvalue weighted by Gasteiger charge is 2.19. The Morgan fingerprint density at radius 3 is 2.71 bits per heavy atom. The van der Waals surface area contributed by atoms with E-state index in [1.165, 1.54) is 19.2 Å². The van der Waals surface area contributed by atoms with Gasteiger partial charge in [0.1, 0.15) is 17.4 Å². The van der Waals surface area contributed by atoms with E-state index in [2.05, 4.69) is 4.74 Å². The maximum Gasteiger partial charge on any atom is 0.342 e. The van der Waals surface area contributed by atoms with Crippen molar-refractivity contribution in [3.63, 3.8) is 0 Å². The molecule has 0 atom stereocenters. The molecular weight excluding hydrogens is 189 g/mol. The molecule has 1 rings (SSSR count). The Bertz CT molecular complexity index is 423. The summed E-state index contributed by atoms with van der Waals surface area (Å²) in [6, 6.07) is 3.96. The number of hydrogen-bond acceptors (Lipinski definition) is 3. The highest BCUT2D eigenvalue weighted by Crippen LogP contribution is 2.23. The van der Waals surface area contributed by atoms with Crippen molar-refractivity contribution in [1.29, 1.82) is 5.26 Å². The lowest BCUT2D eigenvalue weighted by atomic mass is 10.1. The monoisotopic (exact) mass is 195 g/mol. The average molecular weight is 195 g/mol. The van der Waals surface area contributed by atoms with E-state index >= 15 is 0 Å². The molecule has 1 aromatic carbocycles. The molecule has 0 aromatic heterocycles. The molecule has 14 heavy (non-hydrogen) atoms. The first-order chi connectivity index (χ1) is 6.61. The van der Waals surface area contributed by atoms with Gasteiger partial charge in [-0.1, -0.05) is 0 Å². The fourth-order valence-electron chi connectivity index (χ4n) is 1.01. The van der Waals surface area contributed by atoms with Gasteiger partial charge in [0, 0.05) is 0 Å². The van der Waals surface area contributed by atoms with Crippen LogP contribution in [0, 0.1) is 17.1 Å². The van der Waals surface area contributed by atoms with Crippen molar-refractivity contribution in [2.45, 2.75) is 0 Å². The zero-order chi connectivity index (χ0) is 10.7. The SMILES string of the molecule is COc1ccc(C#N)c(F)c1C(=O)O. The van der Waals surface area contributed by atoms with Crippen LogP contribution in [0.15, 0.2) is 12.1 Å². The van der Waals surface area contributed by atoms with E-state index in [4.69, 9.17) is 10.4 Å². The van der Waals surface area contributed by atoms with Gasteiger partial charge < -0.3 is 9.84 Å². The van der Waals surface area contributed by atoms with Gasteiger partial charge in [-0.3, -0.25) is 0 Å². The van der Waals surface area contributed by atoms with Crippen molar-refractivity contribution in [2.24, 2.45) is 0 Å². The minimum absolute atomic E-state index is 0.103. The third-order valence-electron chi connectivity index (χ3n) is 1.66. The van der Waals surface area contributed by atoms with Crippen molar-refractivity contribution in [3.8, 4) is 11.8 Å². The normalized spacial score (nSPS) is 9.21. The topological polar surface area (TPSA) is 70.3 Å². The van der Waals surface area contributed by atoms with E-state index in [0.717, 1.165) is 0 Å². The molecule has 4 nitrogen and oxygen atoms in total. The maximum absolute atomic E-state index is 13.3. The lowest BCUT2D eigenvalue weighted by Gasteiger charge is -2.05.